The van der Waals surface area contributed by atoms with Crippen molar-refractivity contribution < 1.29 is 14.2 Å². The summed E-state index contributed by atoms with van der Waals surface area (Å²) >= 11 is 6.10. The van der Waals surface area contributed by atoms with E-state index in [1.54, 1.807) is 13.2 Å². The Morgan fingerprint density at radius 1 is 1.53 bits per heavy atom. The van der Waals surface area contributed by atoms with Crippen molar-refractivity contribution in [3.8, 4) is 11.5 Å². The van der Waals surface area contributed by atoms with Gasteiger partial charge in [-0.25, -0.2) is 0 Å². The minimum atomic E-state index is 0.0327. The van der Waals surface area contributed by atoms with E-state index in [9.17, 15) is 0 Å². The van der Waals surface area contributed by atoms with Crippen molar-refractivity contribution in [3.05, 3.63) is 22.7 Å². The first-order chi connectivity index (χ1) is 9.10. The molecule has 5 heteroatoms. The van der Waals surface area contributed by atoms with Crippen LogP contribution >= 0.6 is 11.6 Å². The van der Waals surface area contributed by atoms with Gasteiger partial charge in [-0.1, -0.05) is 11.6 Å². The summed E-state index contributed by atoms with van der Waals surface area (Å²) in [6.45, 7) is 3.31. The van der Waals surface area contributed by atoms with Crippen molar-refractivity contribution in [2.24, 2.45) is 5.73 Å². The van der Waals surface area contributed by atoms with Gasteiger partial charge in [0.05, 0.1) is 20.3 Å². The first-order valence-electron chi connectivity index (χ1n) is 6.46. The Bertz CT molecular complexity index is 431. The number of halogens is 1. The van der Waals surface area contributed by atoms with Crippen LogP contribution in [0.4, 0.5) is 0 Å². The van der Waals surface area contributed by atoms with Crippen LogP contribution < -0.4 is 15.2 Å². The van der Waals surface area contributed by atoms with Gasteiger partial charge in [-0.05, 0) is 19.4 Å². The molecular formula is C14H20ClNO3. The fourth-order valence-corrected chi connectivity index (χ4v) is 2.41. The highest BCUT2D eigenvalue weighted by atomic mass is 35.5. The molecule has 2 atom stereocenters. The average Bonchev–Trinajstić information content (AvgIpc) is 2.84. The number of rotatable bonds is 5. The fourth-order valence-electron chi connectivity index (χ4n) is 2.18. The van der Waals surface area contributed by atoms with Gasteiger partial charge in [0.15, 0.2) is 11.5 Å². The highest BCUT2D eigenvalue weighted by molar-refractivity contribution is 6.30. The molecule has 0 amide bonds. The lowest BCUT2D eigenvalue weighted by molar-refractivity contribution is 0.138. The lowest BCUT2D eigenvalue weighted by Gasteiger charge is -2.19. The maximum atomic E-state index is 6.10. The van der Waals surface area contributed by atoms with E-state index in [-0.39, 0.29) is 12.1 Å². The van der Waals surface area contributed by atoms with Gasteiger partial charge in [0, 0.05) is 29.1 Å². The largest absolute Gasteiger partial charge is 0.493 e. The third kappa shape index (κ3) is 3.75. The molecule has 2 unspecified atom stereocenters. The number of hydrogen-bond donors (Lipinski definition) is 1. The lowest BCUT2D eigenvalue weighted by Crippen LogP contribution is -2.21. The zero-order valence-corrected chi connectivity index (χ0v) is 12.1. The van der Waals surface area contributed by atoms with Crippen molar-refractivity contribution in [2.75, 3.05) is 20.3 Å². The highest BCUT2D eigenvalue weighted by Crippen LogP contribution is 2.36. The van der Waals surface area contributed by atoms with E-state index in [1.165, 1.54) is 0 Å². The third-order valence-corrected chi connectivity index (χ3v) is 3.25. The molecule has 0 bridgehead atoms. The zero-order valence-electron chi connectivity index (χ0n) is 11.3. The van der Waals surface area contributed by atoms with E-state index >= 15 is 0 Å². The number of methoxy groups -OCH3 is 1. The standard InChI is InChI=1S/C14H20ClNO3/c1-9(16)5-10-6-11(15)7-13(17-2)14(10)19-12-3-4-18-8-12/h6-7,9,12H,3-5,8,16H2,1-2H3. The van der Waals surface area contributed by atoms with Gasteiger partial charge in [-0.15, -0.1) is 0 Å². The number of nitrogens with two attached hydrogens (primary N) is 1. The molecule has 0 radical (unpaired) electrons. The summed E-state index contributed by atoms with van der Waals surface area (Å²) < 4.78 is 16.7. The molecule has 0 aromatic heterocycles. The van der Waals surface area contributed by atoms with Crippen LogP contribution in [0.2, 0.25) is 5.02 Å². The second-order valence-corrected chi connectivity index (χ2v) is 5.32. The van der Waals surface area contributed by atoms with E-state index in [1.807, 2.05) is 13.0 Å². The molecule has 4 nitrogen and oxygen atoms in total. The van der Waals surface area contributed by atoms with E-state index in [2.05, 4.69) is 0 Å². The van der Waals surface area contributed by atoms with Crippen molar-refractivity contribution in [1.82, 2.24) is 0 Å². The Morgan fingerprint density at radius 2 is 2.32 bits per heavy atom. The summed E-state index contributed by atoms with van der Waals surface area (Å²) in [6, 6.07) is 3.68. The van der Waals surface area contributed by atoms with E-state index in [0.717, 1.165) is 24.3 Å². The molecule has 2 rings (SSSR count). The van der Waals surface area contributed by atoms with Gasteiger partial charge in [0.1, 0.15) is 6.10 Å². The van der Waals surface area contributed by atoms with Crippen LogP contribution in [-0.2, 0) is 11.2 Å². The van der Waals surface area contributed by atoms with Crippen molar-refractivity contribution in [1.29, 1.82) is 0 Å². The molecular weight excluding hydrogens is 266 g/mol. The predicted molar refractivity (Wildman–Crippen MR) is 75.2 cm³/mol. The summed E-state index contributed by atoms with van der Waals surface area (Å²) in [4.78, 5) is 0. The highest BCUT2D eigenvalue weighted by Gasteiger charge is 2.22. The normalized spacial score (nSPS) is 20.3. The molecule has 1 saturated heterocycles. The first-order valence-corrected chi connectivity index (χ1v) is 6.84. The molecule has 19 heavy (non-hydrogen) atoms. The van der Waals surface area contributed by atoms with Crippen molar-refractivity contribution >= 4 is 11.6 Å². The second-order valence-electron chi connectivity index (χ2n) is 4.88. The minimum absolute atomic E-state index is 0.0327. The smallest absolute Gasteiger partial charge is 0.165 e. The SMILES string of the molecule is COc1cc(Cl)cc(CC(C)N)c1OC1CCOC1. The topological polar surface area (TPSA) is 53.7 Å². The Balaban J connectivity index is 2.29. The number of hydrogen-bond acceptors (Lipinski definition) is 4. The minimum Gasteiger partial charge on any atom is -0.493 e. The predicted octanol–water partition coefficient (Wildman–Crippen LogP) is 2.41. The van der Waals surface area contributed by atoms with Crippen LogP contribution in [0.1, 0.15) is 18.9 Å². The Kier molecular flexibility index (Phi) is 4.91. The summed E-state index contributed by atoms with van der Waals surface area (Å²) in [7, 11) is 1.61. The van der Waals surface area contributed by atoms with Gasteiger partial charge in [-0.2, -0.15) is 0 Å². The lowest BCUT2D eigenvalue weighted by atomic mass is 10.1. The molecule has 0 saturated carbocycles. The summed E-state index contributed by atoms with van der Waals surface area (Å²) in [5.74, 6) is 1.38. The maximum absolute atomic E-state index is 6.10. The second kappa shape index (κ2) is 6.46. The number of benzene rings is 1. The molecule has 2 N–H and O–H groups in total. The average molecular weight is 286 g/mol. The molecule has 1 heterocycles. The first kappa shape index (κ1) is 14.4. The van der Waals surface area contributed by atoms with E-state index in [4.69, 9.17) is 31.5 Å². The molecule has 1 aromatic rings. The summed E-state index contributed by atoms with van der Waals surface area (Å²) in [5.41, 5.74) is 6.86. The molecule has 0 spiro atoms. The Hall–Kier alpha value is -0.970. The van der Waals surface area contributed by atoms with Crippen molar-refractivity contribution in [2.45, 2.75) is 31.9 Å². The molecule has 1 aromatic carbocycles. The Labute approximate surface area is 118 Å². The van der Waals surface area contributed by atoms with Crippen LogP contribution in [0.3, 0.4) is 0 Å². The zero-order chi connectivity index (χ0) is 13.8. The van der Waals surface area contributed by atoms with E-state index < -0.39 is 0 Å². The molecule has 106 valence electrons. The van der Waals surface area contributed by atoms with Crippen molar-refractivity contribution in [3.63, 3.8) is 0 Å². The summed E-state index contributed by atoms with van der Waals surface area (Å²) in [5, 5.41) is 0.627. The van der Waals surface area contributed by atoms with Gasteiger partial charge in [0.25, 0.3) is 0 Å². The van der Waals surface area contributed by atoms with Gasteiger partial charge < -0.3 is 19.9 Å². The van der Waals surface area contributed by atoms with E-state index in [0.29, 0.717) is 23.8 Å². The molecule has 0 aliphatic carbocycles. The van der Waals surface area contributed by atoms with Gasteiger partial charge in [-0.3, -0.25) is 0 Å². The molecule has 1 aliphatic heterocycles. The summed E-state index contributed by atoms with van der Waals surface area (Å²) in [6.07, 6.45) is 1.66. The van der Waals surface area contributed by atoms with Crippen LogP contribution in [0.25, 0.3) is 0 Å². The number of ether oxygens (including phenoxy) is 3. The van der Waals surface area contributed by atoms with Gasteiger partial charge in [0.2, 0.25) is 0 Å². The monoisotopic (exact) mass is 285 g/mol. The Morgan fingerprint density at radius 3 is 2.89 bits per heavy atom. The van der Waals surface area contributed by atoms with Gasteiger partial charge >= 0.3 is 0 Å². The van der Waals surface area contributed by atoms with Crippen LogP contribution in [-0.4, -0.2) is 32.5 Å². The molecule has 1 aliphatic rings. The third-order valence-electron chi connectivity index (χ3n) is 3.03. The fraction of sp³-hybridized carbons (Fsp3) is 0.571. The van der Waals surface area contributed by atoms with Crippen LogP contribution in [0.5, 0.6) is 11.5 Å². The maximum Gasteiger partial charge on any atom is 0.165 e. The quantitative estimate of drug-likeness (QED) is 0.903. The molecule has 1 fully saturated rings. The van der Waals surface area contributed by atoms with Crippen LogP contribution in [0.15, 0.2) is 12.1 Å². The van der Waals surface area contributed by atoms with Crippen LogP contribution in [0, 0.1) is 0 Å².